The Labute approximate surface area is 89.3 Å². The van der Waals surface area contributed by atoms with Gasteiger partial charge >= 0.3 is 5.97 Å². The van der Waals surface area contributed by atoms with E-state index in [2.05, 4.69) is 10.3 Å². The Morgan fingerprint density at radius 3 is 2.60 bits per heavy atom. The molecule has 1 aromatic heterocycles. The number of carboxylic acids is 1. The minimum absolute atomic E-state index is 0.148. The summed E-state index contributed by atoms with van der Waals surface area (Å²) in [6, 6.07) is 3.99. The molecule has 0 aliphatic heterocycles. The van der Waals surface area contributed by atoms with E-state index in [0.29, 0.717) is 6.54 Å². The van der Waals surface area contributed by atoms with E-state index < -0.39 is 5.97 Å². The maximum absolute atomic E-state index is 10.6. The van der Waals surface area contributed by atoms with Gasteiger partial charge in [-0.05, 0) is 24.6 Å². The molecule has 1 heterocycles. The van der Waals surface area contributed by atoms with Crippen molar-refractivity contribution < 1.29 is 9.90 Å². The second-order valence-corrected chi connectivity index (χ2v) is 3.65. The zero-order valence-electron chi connectivity index (χ0n) is 8.97. The predicted molar refractivity (Wildman–Crippen MR) is 57.5 cm³/mol. The van der Waals surface area contributed by atoms with Crippen molar-refractivity contribution >= 4 is 5.97 Å². The van der Waals surface area contributed by atoms with E-state index in [0.717, 1.165) is 5.56 Å². The summed E-state index contributed by atoms with van der Waals surface area (Å²) in [6.45, 7) is 4.16. The smallest absolute Gasteiger partial charge is 0.307 e. The third kappa shape index (κ3) is 3.67. The Hall–Kier alpha value is -1.42. The molecule has 2 N–H and O–H groups in total. The molecule has 82 valence electrons. The van der Waals surface area contributed by atoms with Crippen LogP contribution in [-0.2, 0) is 4.79 Å². The summed E-state index contributed by atoms with van der Waals surface area (Å²) in [7, 11) is 0. The maximum atomic E-state index is 10.6. The number of aromatic nitrogens is 1. The van der Waals surface area contributed by atoms with Gasteiger partial charge in [-0.1, -0.05) is 6.92 Å². The van der Waals surface area contributed by atoms with Gasteiger partial charge in [0.15, 0.2) is 0 Å². The predicted octanol–water partition coefficient (Wildman–Crippen LogP) is 1.45. The summed E-state index contributed by atoms with van der Waals surface area (Å²) in [5.41, 5.74) is 1.11. The summed E-state index contributed by atoms with van der Waals surface area (Å²) in [5.74, 6) is -1.14. The lowest BCUT2D eigenvalue weighted by Gasteiger charge is -2.15. The van der Waals surface area contributed by atoms with E-state index >= 15 is 0 Å². The van der Waals surface area contributed by atoms with Crippen LogP contribution in [0.15, 0.2) is 24.5 Å². The first-order chi connectivity index (χ1) is 7.11. The van der Waals surface area contributed by atoms with Crippen LogP contribution in [0.5, 0.6) is 0 Å². The molecule has 2 atom stereocenters. The lowest BCUT2D eigenvalue weighted by molar-refractivity contribution is -0.140. The standard InChI is InChI=1S/C11H16N2O2/c1-8(11(14)15)7-13-9(2)10-3-5-12-6-4-10/h3-6,8-9,13H,7H2,1-2H3,(H,14,15)/t8?,9-/m1/s1. The van der Waals surface area contributed by atoms with Crippen LogP contribution >= 0.6 is 0 Å². The Kier molecular flexibility index (Phi) is 4.24. The van der Waals surface area contributed by atoms with Gasteiger partial charge in [-0.25, -0.2) is 0 Å². The van der Waals surface area contributed by atoms with E-state index in [1.165, 1.54) is 0 Å². The monoisotopic (exact) mass is 208 g/mol. The zero-order chi connectivity index (χ0) is 11.3. The highest BCUT2D eigenvalue weighted by Crippen LogP contribution is 2.10. The van der Waals surface area contributed by atoms with Gasteiger partial charge in [-0.3, -0.25) is 9.78 Å². The quantitative estimate of drug-likeness (QED) is 0.768. The summed E-state index contributed by atoms with van der Waals surface area (Å²) < 4.78 is 0. The number of hydrogen-bond acceptors (Lipinski definition) is 3. The maximum Gasteiger partial charge on any atom is 0.307 e. The zero-order valence-corrected chi connectivity index (χ0v) is 8.97. The number of nitrogens with zero attached hydrogens (tertiary/aromatic N) is 1. The number of nitrogens with one attached hydrogen (secondary N) is 1. The highest BCUT2D eigenvalue weighted by molar-refractivity contribution is 5.69. The van der Waals surface area contributed by atoms with Gasteiger partial charge in [-0.2, -0.15) is 0 Å². The Morgan fingerprint density at radius 1 is 1.47 bits per heavy atom. The number of aliphatic carboxylic acids is 1. The van der Waals surface area contributed by atoms with Crippen LogP contribution in [0.1, 0.15) is 25.5 Å². The fraction of sp³-hybridized carbons (Fsp3) is 0.455. The molecular formula is C11H16N2O2. The van der Waals surface area contributed by atoms with Crippen molar-refractivity contribution in [3.63, 3.8) is 0 Å². The first-order valence-corrected chi connectivity index (χ1v) is 4.97. The van der Waals surface area contributed by atoms with Gasteiger partial charge in [0.05, 0.1) is 5.92 Å². The number of hydrogen-bond donors (Lipinski definition) is 2. The van der Waals surface area contributed by atoms with Crippen molar-refractivity contribution in [1.82, 2.24) is 10.3 Å². The van der Waals surface area contributed by atoms with Gasteiger partial charge in [0.2, 0.25) is 0 Å². The van der Waals surface area contributed by atoms with Crippen molar-refractivity contribution in [3.05, 3.63) is 30.1 Å². The van der Waals surface area contributed by atoms with Gasteiger partial charge < -0.3 is 10.4 Å². The molecule has 0 bridgehead atoms. The molecule has 0 aliphatic carbocycles. The lowest BCUT2D eigenvalue weighted by Crippen LogP contribution is -2.28. The minimum atomic E-state index is -0.774. The lowest BCUT2D eigenvalue weighted by atomic mass is 10.1. The normalized spacial score (nSPS) is 14.5. The third-order valence-corrected chi connectivity index (χ3v) is 2.36. The summed E-state index contributed by atoms with van der Waals surface area (Å²) in [6.07, 6.45) is 3.46. The summed E-state index contributed by atoms with van der Waals surface area (Å²) >= 11 is 0. The largest absolute Gasteiger partial charge is 0.481 e. The first kappa shape index (κ1) is 11.7. The molecule has 0 spiro atoms. The molecule has 0 saturated heterocycles. The van der Waals surface area contributed by atoms with E-state index in [1.54, 1.807) is 19.3 Å². The van der Waals surface area contributed by atoms with Crippen molar-refractivity contribution in [3.8, 4) is 0 Å². The molecule has 15 heavy (non-hydrogen) atoms. The van der Waals surface area contributed by atoms with Crippen LogP contribution in [0.2, 0.25) is 0 Å². The number of carbonyl (C=O) groups is 1. The molecule has 1 rings (SSSR count). The molecule has 0 aliphatic rings. The number of carboxylic acid groups (broad SMARTS) is 1. The number of pyridine rings is 1. The van der Waals surface area contributed by atoms with Gasteiger partial charge in [0, 0.05) is 25.0 Å². The minimum Gasteiger partial charge on any atom is -0.481 e. The van der Waals surface area contributed by atoms with E-state index in [4.69, 9.17) is 5.11 Å². The van der Waals surface area contributed by atoms with Crippen LogP contribution in [0.25, 0.3) is 0 Å². The van der Waals surface area contributed by atoms with Crippen LogP contribution in [0.4, 0.5) is 0 Å². The molecule has 0 amide bonds. The SMILES string of the molecule is CC(CN[C@H](C)c1ccncc1)C(=O)O. The van der Waals surface area contributed by atoms with Crippen molar-refractivity contribution in [2.45, 2.75) is 19.9 Å². The third-order valence-electron chi connectivity index (χ3n) is 2.36. The summed E-state index contributed by atoms with van der Waals surface area (Å²) in [4.78, 5) is 14.5. The fourth-order valence-electron chi connectivity index (χ4n) is 1.21. The molecule has 1 unspecified atom stereocenters. The molecule has 0 radical (unpaired) electrons. The van der Waals surface area contributed by atoms with Crippen molar-refractivity contribution in [1.29, 1.82) is 0 Å². The second-order valence-electron chi connectivity index (χ2n) is 3.65. The van der Waals surface area contributed by atoms with Crippen molar-refractivity contribution in [2.24, 2.45) is 5.92 Å². The Morgan fingerprint density at radius 2 is 2.07 bits per heavy atom. The highest BCUT2D eigenvalue weighted by atomic mass is 16.4. The molecular weight excluding hydrogens is 192 g/mol. The molecule has 0 aromatic carbocycles. The summed E-state index contributed by atoms with van der Waals surface area (Å²) in [5, 5.41) is 11.9. The molecule has 0 fully saturated rings. The van der Waals surface area contributed by atoms with Crippen LogP contribution < -0.4 is 5.32 Å². The van der Waals surface area contributed by atoms with Crippen LogP contribution in [0, 0.1) is 5.92 Å². The fourth-order valence-corrected chi connectivity index (χ4v) is 1.21. The van der Waals surface area contributed by atoms with Gasteiger partial charge in [-0.15, -0.1) is 0 Å². The van der Waals surface area contributed by atoms with Gasteiger partial charge in [0.1, 0.15) is 0 Å². The second kappa shape index (κ2) is 5.46. The molecule has 4 nitrogen and oxygen atoms in total. The van der Waals surface area contributed by atoms with Crippen LogP contribution in [-0.4, -0.2) is 22.6 Å². The van der Waals surface area contributed by atoms with Crippen LogP contribution in [0.3, 0.4) is 0 Å². The number of rotatable bonds is 5. The molecule has 0 saturated carbocycles. The molecule has 4 heteroatoms. The average Bonchev–Trinajstić information content (AvgIpc) is 2.26. The Bertz CT molecular complexity index is 314. The van der Waals surface area contributed by atoms with E-state index in [9.17, 15) is 4.79 Å². The first-order valence-electron chi connectivity index (χ1n) is 4.97. The topological polar surface area (TPSA) is 62.2 Å². The average molecular weight is 208 g/mol. The van der Waals surface area contributed by atoms with Gasteiger partial charge in [0.25, 0.3) is 0 Å². The Balaban J connectivity index is 2.43. The van der Waals surface area contributed by atoms with Crippen molar-refractivity contribution in [2.75, 3.05) is 6.54 Å². The van der Waals surface area contributed by atoms with E-state index in [1.807, 2.05) is 19.1 Å². The highest BCUT2D eigenvalue weighted by Gasteiger charge is 2.12. The molecule has 1 aromatic rings. The van der Waals surface area contributed by atoms with E-state index in [-0.39, 0.29) is 12.0 Å².